The van der Waals surface area contributed by atoms with Crippen molar-refractivity contribution in [2.45, 2.75) is 32.7 Å². The van der Waals surface area contributed by atoms with Crippen LogP contribution in [0.2, 0.25) is 0 Å². The molecule has 168 valence electrons. The second-order valence-electron chi connectivity index (χ2n) is 7.57. The molecular weight excluding hydrogens is 408 g/mol. The van der Waals surface area contributed by atoms with Crippen LogP contribution in [0, 0.1) is 6.92 Å². The molecule has 0 aliphatic carbocycles. The second-order valence-corrected chi connectivity index (χ2v) is 7.57. The van der Waals surface area contributed by atoms with Crippen LogP contribution in [0.3, 0.4) is 0 Å². The number of aryl methyl sites for hydroxylation is 1. The van der Waals surface area contributed by atoms with Crippen LogP contribution >= 0.6 is 0 Å². The van der Waals surface area contributed by atoms with Crippen LogP contribution in [0.4, 0.5) is 4.79 Å². The molecule has 0 saturated carbocycles. The molecule has 1 fully saturated rings. The third-order valence-corrected chi connectivity index (χ3v) is 5.32. The number of nitrogens with one attached hydrogen (secondary N) is 1. The first kappa shape index (κ1) is 23.1. The normalized spacial score (nSPS) is 14.2. The first-order valence-electron chi connectivity index (χ1n) is 10.7. The summed E-state index contributed by atoms with van der Waals surface area (Å²) >= 11 is 0. The molecule has 0 unspecified atom stereocenters. The van der Waals surface area contributed by atoms with Crippen molar-refractivity contribution in [3.05, 3.63) is 71.3 Å². The van der Waals surface area contributed by atoms with Crippen LogP contribution in [-0.4, -0.2) is 48.6 Å². The van der Waals surface area contributed by atoms with E-state index in [4.69, 9.17) is 9.47 Å². The molecule has 2 aromatic carbocycles. The molecule has 0 spiro atoms. The van der Waals surface area contributed by atoms with Gasteiger partial charge in [-0.2, -0.15) is 0 Å². The average Bonchev–Trinajstić information content (AvgIpc) is 2.79. The molecule has 0 radical (unpaired) electrons. The van der Waals surface area contributed by atoms with E-state index in [0.29, 0.717) is 37.2 Å². The molecular formula is C25H28N2O5. The Hall–Kier alpha value is -3.61. The monoisotopic (exact) mass is 436 g/mol. The Labute approximate surface area is 188 Å². The fourth-order valence-corrected chi connectivity index (χ4v) is 3.47. The van der Waals surface area contributed by atoms with Gasteiger partial charge in [-0.1, -0.05) is 24.3 Å². The molecule has 1 heterocycles. The summed E-state index contributed by atoms with van der Waals surface area (Å²) in [7, 11) is 0. The Kier molecular flexibility index (Phi) is 8.02. The number of benzene rings is 2. The maximum Gasteiger partial charge on any atom is 0.513 e. The molecule has 2 amide bonds. The number of amides is 2. The standard InChI is InChI=1S/C25H28N2O5/c1-3-31-25(30)32-22-11-8-20(9-12-22)24(29)26-21-14-16-27(17-15-21)23(28)13-10-19-7-5-4-6-18(19)2/h4-13,21H,3,14-17H2,1-2H3,(H,26,29)/b13-10+. The number of hydrogen-bond donors (Lipinski definition) is 1. The Balaban J connectivity index is 1.46. The lowest BCUT2D eigenvalue weighted by atomic mass is 10.0. The van der Waals surface area contributed by atoms with Crippen LogP contribution in [0.25, 0.3) is 6.08 Å². The number of ether oxygens (including phenoxy) is 2. The summed E-state index contributed by atoms with van der Waals surface area (Å²) in [4.78, 5) is 38.2. The van der Waals surface area contributed by atoms with Crippen LogP contribution in [0.5, 0.6) is 5.75 Å². The van der Waals surface area contributed by atoms with Gasteiger partial charge in [0.2, 0.25) is 5.91 Å². The zero-order valence-electron chi connectivity index (χ0n) is 18.4. The van der Waals surface area contributed by atoms with Gasteiger partial charge in [-0.3, -0.25) is 9.59 Å². The number of rotatable bonds is 6. The zero-order valence-corrected chi connectivity index (χ0v) is 18.4. The van der Waals surface area contributed by atoms with E-state index >= 15 is 0 Å². The van der Waals surface area contributed by atoms with Crippen molar-refractivity contribution in [1.29, 1.82) is 0 Å². The second kappa shape index (κ2) is 11.1. The Morgan fingerprint density at radius 1 is 1.06 bits per heavy atom. The van der Waals surface area contributed by atoms with Crippen molar-refractivity contribution < 1.29 is 23.9 Å². The van der Waals surface area contributed by atoms with Gasteiger partial charge in [-0.15, -0.1) is 0 Å². The molecule has 7 nitrogen and oxygen atoms in total. The van der Waals surface area contributed by atoms with E-state index in [1.807, 2.05) is 37.3 Å². The van der Waals surface area contributed by atoms with E-state index in [1.165, 1.54) is 0 Å². The highest BCUT2D eigenvalue weighted by Crippen LogP contribution is 2.16. The minimum atomic E-state index is -0.778. The Bertz CT molecular complexity index is 976. The first-order valence-corrected chi connectivity index (χ1v) is 10.7. The maximum atomic E-state index is 12.5. The highest BCUT2D eigenvalue weighted by molar-refractivity contribution is 5.94. The minimum Gasteiger partial charge on any atom is -0.434 e. The maximum absolute atomic E-state index is 12.5. The van der Waals surface area contributed by atoms with Crippen molar-refractivity contribution in [1.82, 2.24) is 10.2 Å². The third-order valence-electron chi connectivity index (χ3n) is 5.32. The van der Waals surface area contributed by atoms with Gasteiger partial charge >= 0.3 is 6.16 Å². The molecule has 0 atom stereocenters. The van der Waals surface area contributed by atoms with E-state index in [9.17, 15) is 14.4 Å². The number of carbonyl (C=O) groups is 3. The smallest absolute Gasteiger partial charge is 0.434 e. The van der Waals surface area contributed by atoms with Gasteiger partial charge < -0.3 is 19.7 Å². The third kappa shape index (κ3) is 6.44. The predicted molar refractivity (Wildman–Crippen MR) is 121 cm³/mol. The fourth-order valence-electron chi connectivity index (χ4n) is 3.47. The predicted octanol–water partition coefficient (Wildman–Crippen LogP) is 3.96. The summed E-state index contributed by atoms with van der Waals surface area (Å²) in [6, 6.07) is 14.2. The summed E-state index contributed by atoms with van der Waals surface area (Å²) in [5, 5.41) is 3.01. The van der Waals surface area contributed by atoms with Crippen molar-refractivity contribution in [3.63, 3.8) is 0 Å². The summed E-state index contributed by atoms with van der Waals surface area (Å²) in [6.07, 6.45) is 4.07. The van der Waals surface area contributed by atoms with E-state index in [1.54, 1.807) is 42.2 Å². The molecule has 7 heteroatoms. The number of nitrogens with zero attached hydrogens (tertiary/aromatic N) is 1. The summed E-state index contributed by atoms with van der Waals surface area (Å²) in [6.45, 7) is 5.12. The summed E-state index contributed by atoms with van der Waals surface area (Å²) in [5.41, 5.74) is 2.63. The molecule has 1 saturated heterocycles. The Morgan fingerprint density at radius 3 is 2.41 bits per heavy atom. The van der Waals surface area contributed by atoms with E-state index < -0.39 is 6.16 Å². The SMILES string of the molecule is CCOC(=O)Oc1ccc(C(=O)NC2CCN(C(=O)/C=C/c3ccccc3C)CC2)cc1. The lowest BCUT2D eigenvalue weighted by Gasteiger charge is -2.31. The molecule has 1 aliphatic rings. The molecule has 0 aromatic heterocycles. The topological polar surface area (TPSA) is 84.9 Å². The highest BCUT2D eigenvalue weighted by Gasteiger charge is 2.23. The lowest BCUT2D eigenvalue weighted by molar-refractivity contribution is -0.127. The van der Waals surface area contributed by atoms with E-state index in [2.05, 4.69) is 5.32 Å². The minimum absolute atomic E-state index is 0.00218. The van der Waals surface area contributed by atoms with E-state index in [-0.39, 0.29) is 24.5 Å². The van der Waals surface area contributed by atoms with Gasteiger partial charge in [0.05, 0.1) is 6.61 Å². The summed E-state index contributed by atoms with van der Waals surface area (Å²) < 4.78 is 9.71. The van der Waals surface area contributed by atoms with Crippen molar-refractivity contribution >= 4 is 24.0 Å². The van der Waals surface area contributed by atoms with Crippen molar-refractivity contribution in [3.8, 4) is 5.75 Å². The fraction of sp³-hybridized carbons (Fsp3) is 0.320. The molecule has 1 N–H and O–H groups in total. The average molecular weight is 437 g/mol. The first-order chi connectivity index (χ1) is 15.5. The molecule has 3 rings (SSSR count). The van der Waals surface area contributed by atoms with Gasteiger partial charge in [0, 0.05) is 30.8 Å². The number of piperidine rings is 1. The largest absolute Gasteiger partial charge is 0.513 e. The zero-order chi connectivity index (χ0) is 22.9. The number of likely N-dealkylation sites (tertiary alicyclic amines) is 1. The van der Waals surface area contributed by atoms with Crippen LogP contribution in [0.1, 0.15) is 41.3 Å². The van der Waals surface area contributed by atoms with Gasteiger partial charge in [0.25, 0.3) is 5.91 Å². The van der Waals surface area contributed by atoms with E-state index in [0.717, 1.165) is 11.1 Å². The lowest BCUT2D eigenvalue weighted by Crippen LogP contribution is -2.46. The number of carbonyl (C=O) groups excluding carboxylic acids is 3. The van der Waals surface area contributed by atoms with Crippen LogP contribution in [0.15, 0.2) is 54.6 Å². The van der Waals surface area contributed by atoms with Crippen molar-refractivity contribution in [2.75, 3.05) is 19.7 Å². The van der Waals surface area contributed by atoms with Gasteiger partial charge in [0.15, 0.2) is 0 Å². The molecule has 1 aliphatic heterocycles. The molecule has 0 bridgehead atoms. The van der Waals surface area contributed by atoms with Gasteiger partial charge in [-0.05, 0) is 68.2 Å². The Morgan fingerprint density at radius 2 is 1.75 bits per heavy atom. The number of hydrogen-bond acceptors (Lipinski definition) is 5. The molecule has 32 heavy (non-hydrogen) atoms. The molecule has 2 aromatic rings. The quantitative estimate of drug-likeness (QED) is 0.421. The van der Waals surface area contributed by atoms with Gasteiger partial charge in [-0.25, -0.2) is 4.79 Å². The van der Waals surface area contributed by atoms with Gasteiger partial charge in [0.1, 0.15) is 5.75 Å². The summed E-state index contributed by atoms with van der Waals surface area (Å²) in [5.74, 6) is 0.0951. The highest BCUT2D eigenvalue weighted by atomic mass is 16.7. The van der Waals surface area contributed by atoms with Crippen LogP contribution in [-0.2, 0) is 9.53 Å². The van der Waals surface area contributed by atoms with Crippen LogP contribution < -0.4 is 10.1 Å². The van der Waals surface area contributed by atoms with Crippen molar-refractivity contribution in [2.24, 2.45) is 0 Å².